The number of ether oxygens (including phenoxy) is 7. The molecule has 0 aromatic heterocycles. The molecule has 1 aromatic rings. The van der Waals surface area contributed by atoms with E-state index in [1.54, 1.807) is 0 Å². The Balaban J connectivity index is 1.82. The van der Waals surface area contributed by atoms with Gasteiger partial charge in [-0.05, 0) is 37.5 Å². The Bertz CT molecular complexity index is 751. The van der Waals surface area contributed by atoms with E-state index in [2.05, 4.69) is 12.4 Å². The highest BCUT2D eigenvalue weighted by molar-refractivity contribution is 5.93. The summed E-state index contributed by atoms with van der Waals surface area (Å²) < 4.78 is 37.8. The fraction of sp³-hybridized carbons (Fsp3) is 0.800. The van der Waals surface area contributed by atoms with Gasteiger partial charge in [0.15, 0.2) is 0 Å². The number of amides is 1. The average Bonchev–Trinajstić information content (AvgIpc) is 3.06. The van der Waals surface area contributed by atoms with Gasteiger partial charge in [0, 0.05) is 12.2 Å². The normalized spacial score (nSPS) is 11.3. The Morgan fingerprint density at radius 2 is 0.867 bits per heavy atom. The Hall–Kier alpha value is -1.63. The number of hydrogen-bond donors (Lipinski definition) is 1. The molecule has 0 heterocycles. The van der Waals surface area contributed by atoms with Gasteiger partial charge in [0.1, 0.15) is 0 Å². The predicted octanol–water partition coefficient (Wildman–Crippen LogP) is 5.95. The van der Waals surface area contributed by atoms with Crippen LogP contribution in [-0.2, 0) is 44.4 Å². The summed E-state index contributed by atoms with van der Waals surface area (Å²) in [5.41, 5.74) is 4.33. The summed E-state index contributed by atoms with van der Waals surface area (Å²) in [5, 5.41) is 0. The summed E-state index contributed by atoms with van der Waals surface area (Å²) in [6.07, 6.45) is 14.4. The third kappa shape index (κ3) is 28.3. The number of aryl methyl sites for hydroxylation is 1. The average molecular weight is 642 g/mol. The number of rotatable bonds is 35. The van der Waals surface area contributed by atoms with Crippen LogP contribution in [0.1, 0.15) is 94.0 Å². The number of benzene rings is 1. The van der Waals surface area contributed by atoms with Gasteiger partial charge in [0.05, 0.1) is 92.5 Å². The highest BCUT2D eigenvalue weighted by atomic mass is 16.7. The summed E-state index contributed by atoms with van der Waals surface area (Å²) in [4.78, 5) is 17.5. The van der Waals surface area contributed by atoms with Gasteiger partial charge in [-0.1, -0.05) is 76.8 Å². The van der Waals surface area contributed by atoms with Crippen LogP contribution in [0.15, 0.2) is 24.3 Å². The zero-order valence-corrected chi connectivity index (χ0v) is 28.4. The molecule has 0 bridgehead atoms. The van der Waals surface area contributed by atoms with Crippen molar-refractivity contribution in [1.82, 2.24) is 5.48 Å². The number of nitrogens with one attached hydrogen (secondary N) is 1. The van der Waals surface area contributed by atoms with Gasteiger partial charge in [-0.3, -0.25) is 9.63 Å². The standard InChI is InChI=1S/C35H63NO9/c1-3-5-6-7-8-9-10-11-12-13-14-33-15-17-34(18-16-33)35(37)36-45-32-31-44-30-29-43-28-27-42-26-25-41-24-23-40-22-21-39-20-19-38-4-2/h15-18H,3-14,19-32H2,1-2H3,(H,36,37). The highest BCUT2D eigenvalue weighted by Crippen LogP contribution is 2.13. The second kappa shape index (κ2) is 33.7. The van der Waals surface area contributed by atoms with Crippen molar-refractivity contribution in [1.29, 1.82) is 0 Å². The molecular formula is C35H63NO9. The molecular weight excluding hydrogens is 578 g/mol. The smallest absolute Gasteiger partial charge is 0.274 e. The minimum absolute atomic E-state index is 0.252. The molecule has 0 unspecified atom stereocenters. The van der Waals surface area contributed by atoms with Crippen LogP contribution >= 0.6 is 0 Å². The number of carbonyl (C=O) groups is 1. The van der Waals surface area contributed by atoms with Crippen molar-refractivity contribution in [3.63, 3.8) is 0 Å². The third-order valence-corrected chi connectivity index (χ3v) is 6.97. The lowest BCUT2D eigenvalue weighted by atomic mass is 10.0. The predicted molar refractivity (Wildman–Crippen MR) is 177 cm³/mol. The summed E-state index contributed by atoms with van der Waals surface area (Å²) >= 11 is 0. The molecule has 45 heavy (non-hydrogen) atoms. The quantitative estimate of drug-likeness (QED) is 0.0712. The fourth-order valence-electron chi connectivity index (χ4n) is 4.38. The van der Waals surface area contributed by atoms with Crippen LogP contribution in [0.25, 0.3) is 0 Å². The summed E-state index contributed by atoms with van der Waals surface area (Å²) in [6.45, 7) is 11.8. The van der Waals surface area contributed by atoms with Crippen LogP contribution in [0.5, 0.6) is 0 Å². The molecule has 0 radical (unpaired) electrons. The van der Waals surface area contributed by atoms with Crippen LogP contribution in [0.3, 0.4) is 0 Å². The molecule has 0 aliphatic heterocycles. The monoisotopic (exact) mass is 641 g/mol. The first-order valence-electron chi connectivity index (χ1n) is 17.3. The van der Waals surface area contributed by atoms with E-state index in [4.69, 9.17) is 38.0 Å². The first-order valence-corrected chi connectivity index (χ1v) is 17.3. The largest absolute Gasteiger partial charge is 0.379 e. The molecule has 1 aromatic carbocycles. The first-order chi connectivity index (χ1) is 22.3. The first kappa shape index (κ1) is 41.4. The maximum absolute atomic E-state index is 12.3. The third-order valence-electron chi connectivity index (χ3n) is 6.97. The molecule has 10 heteroatoms. The number of unbranched alkanes of at least 4 members (excludes halogenated alkanes) is 9. The molecule has 1 rings (SSSR count). The Morgan fingerprint density at radius 1 is 0.489 bits per heavy atom. The van der Waals surface area contributed by atoms with E-state index >= 15 is 0 Å². The van der Waals surface area contributed by atoms with Crippen molar-refractivity contribution in [2.45, 2.75) is 84.5 Å². The molecule has 1 amide bonds. The Kier molecular flexibility index (Phi) is 31.0. The van der Waals surface area contributed by atoms with Crippen LogP contribution in [0, 0.1) is 0 Å². The van der Waals surface area contributed by atoms with Crippen LogP contribution in [0.2, 0.25) is 0 Å². The van der Waals surface area contributed by atoms with E-state index < -0.39 is 0 Å². The lowest BCUT2D eigenvalue weighted by Crippen LogP contribution is -2.25. The van der Waals surface area contributed by atoms with Crippen molar-refractivity contribution >= 4 is 5.91 Å². The topological polar surface area (TPSA) is 103 Å². The van der Waals surface area contributed by atoms with Crippen molar-refractivity contribution < 1.29 is 42.8 Å². The lowest BCUT2D eigenvalue weighted by molar-refractivity contribution is -0.0283. The molecule has 0 saturated heterocycles. The molecule has 0 spiro atoms. The van der Waals surface area contributed by atoms with Crippen molar-refractivity contribution in [3.05, 3.63) is 35.4 Å². The Labute approximate surface area is 273 Å². The minimum atomic E-state index is -0.252. The van der Waals surface area contributed by atoms with Crippen LogP contribution in [-0.4, -0.2) is 105 Å². The summed E-state index contributed by atoms with van der Waals surface area (Å²) in [7, 11) is 0. The van der Waals surface area contributed by atoms with E-state index in [1.165, 1.54) is 69.8 Å². The SMILES string of the molecule is CCCCCCCCCCCCc1ccc(C(=O)NOCCOCCOCCOCCOCCOCCOCCOCC)cc1. The number of hydrogen-bond acceptors (Lipinski definition) is 9. The van der Waals surface area contributed by atoms with Crippen molar-refractivity contribution in [2.24, 2.45) is 0 Å². The maximum Gasteiger partial charge on any atom is 0.274 e. The van der Waals surface area contributed by atoms with Gasteiger partial charge in [0.2, 0.25) is 0 Å². The lowest BCUT2D eigenvalue weighted by Gasteiger charge is -2.09. The van der Waals surface area contributed by atoms with Gasteiger partial charge < -0.3 is 33.2 Å². The van der Waals surface area contributed by atoms with Crippen LogP contribution in [0.4, 0.5) is 0 Å². The highest BCUT2D eigenvalue weighted by Gasteiger charge is 2.05. The van der Waals surface area contributed by atoms with E-state index in [-0.39, 0.29) is 12.5 Å². The molecule has 0 atom stereocenters. The van der Waals surface area contributed by atoms with Gasteiger partial charge >= 0.3 is 0 Å². The van der Waals surface area contributed by atoms with Gasteiger partial charge in [-0.25, -0.2) is 5.48 Å². The molecule has 0 fully saturated rings. The van der Waals surface area contributed by atoms with Gasteiger partial charge in [-0.15, -0.1) is 0 Å². The second-order valence-corrected chi connectivity index (χ2v) is 10.8. The van der Waals surface area contributed by atoms with E-state index in [9.17, 15) is 4.79 Å². The molecule has 10 nitrogen and oxygen atoms in total. The maximum atomic E-state index is 12.3. The van der Waals surface area contributed by atoms with Gasteiger partial charge in [0.25, 0.3) is 5.91 Å². The fourth-order valence-corrected chi connectivity index (χ4v) is 4.38. The summed E-state index contributed by atoms with van der Waals surface area (Å²) in [6, 6.07) is 7.78. The number of carbonyl (C=O) groups excluding carboxylic acids is 1. The molecule has 0 aliphatic rings. The van der Waals surface area contributed by atoms with E-state index in [0.717, 1.165) is 6.42 Å². The van der Waals surface area contributed by atoms with E-state index in [0.29, 0.717) is 98.1 Å². The van der Waals surface area contributed by atoms with Gasteiger partial charge in [-0.2, -0.15) is 0 Å². The second-order valence-electron chi connectivity index (χ2n) is 10.8. The zero-order chi connectivity index (χ0) is 32.3. The zero-order valence-electron chi connectivity index (χ0n) is 28.4. The number of hydroxylamine groups is 1. The summed E-state index contributed by atoms with van der Waals surface area (Å²) in [5.74, 6) is -0.252. The van der Waals surface area contributed by atoms with Crippen molar-refractivity contribution in [3.8, 4) is 0 Å². The molecule has 0 aliphatic carbocycles. The molecule has 0 saturated carbocycles. The van der Waals surface area contributed by atoms with Crippen LogP contribution < -0.4 is 5.48 Å². The Morgan fingerprint density at radius 3 is 1.29 bits per heavy atom. The van der Waals surface area contributed by atoms with Crippen molar-refractivity contribution in [2.75, 3.05) is 99.1 Å². The molecule has 262 valence electrons. The minimum Gasteiger partial charge on any atom is -0.379 e. The van der Waals surface area contributed by atoms with E-state index in [1.807, 2.05) is 31.2 Å². The molecule has 1 N–H and O–H groups in total.